The highest BCUT2D eigenvalue weighted by Crippen LogP contribution is 2.49. The van der Waals surface area contributed by atoms with Gasteiger partial charge in [-0.05, 0) is 33.1 Å². The van der Waals surface area contributed by atoms with Crippen LogP contribution in [0.2, 0.25) is 0 Å². The summed E-state index contributed by atoms with van der Waals surface area (Å²) in [6.45, 7) is 2.52. The number of aliphatic imine (C=N–C) groups is 1. The standard InChI is InChI=1S/C22H38N8O6/c1-14(25)19(34)30-8-5-21(15(2)31,18(33)16(26)4-3-7-29-20(27)28)22(30,13-24)17(32)12-36-11-10-35-9-6-23/h14,16H,3-12,23,25-26H2,1-2H3,(H4,27,28,29)/t14-,16+,21?,22?/m1/s1. The second-order valence-electron chi connectivity index (χ2n) is 8.61. The second-order valence-corrected chi connectivity index (χ2v) is 8.61. The lowest BCUT2D eigenvalue weighted by molar-refractivity contribution is -0.157. The summed E-state index contributed by atoms with van der Waals surface area (Å²) in [4.78, 5) is 58.1. The fourth-order valence-electron chi connectivity index (χ4n) is 4.43. The first-order valence-electron chi connectivity index (χ1n) is 11.7. The predicted molar refractivity (Wildman–Crippen MR) is 130 cm³/mol. The molecule has 2 unspecified atom stereocenters. The van der Waals surface area contributed by atoms with Crippen LogP contribution in [-0.4, -0.2) is 97.8 Å². The van der Waals surface area contributed by atoms with Crippen LogP contribution in [0.3, 0.4) is 0 Å². The minimum Gasteiger partial charge on any atom is -0.378 e. The van der Waals surface area contributed by atoms with E-state index in [4.69, 9.17) is 38.1 Å². The highest BCUT2D eigenvalue weighted by Gasteiger charge is 2.72. The van der Waals surface area contributed by atoms with E-state index in [9.17, 15) is 24.4 Å². The molecule has 1 fully saturated rings. The van der Waals surface area contributed by atoms with E-state index in [-0.39, 0.29) is 45.1 Å². The first kappa shape index (κ1) is 31.1. The van der Waals surface area contributed by atoms with Crippen molar-refractivity contribution in [3.05, 3.63) is 0 Å². The number of amides is 1. The summed E-state index contributed by atoms with van der Waals surface area (Å²) in [5.41, 5.74) is 23.2. The fraction of sp³-hybridized carbons (Fsp3) is 0.727. The number of ether oxygens (including phenoxy) is 2. The molecule has 1 aliphatic rings. The van der Waals surface area contributed by atoms with Crippen molar-refractivity contribution in [3.63, 3.8) is 0 Å². The molecule has 202 valence electrons. The van der Waals surface area contributed by atoms with Crippen molar-refractivity contribution in [2.75, 3.05) is 46.1 Å². The van der Waals surface area contributed by atoms with E-state index < -0.39 is 52.9 Å². The van der Waals surface area contributed by atoms with Crippen molar-refractivity contribution in [1.29, 1.82) is 5.26 Å². The van der Waals surface area contributed by atoms with Crippen LogP contribution < -0.4 is 28.7 Å². The van der Waals surface area contributed by atoms with Crippen LogP contribution in [0.25, 0.3) is 0 Å². The van der Waals surface area contributed by atoms with E-state index in [1.54, 1.807) is 0 Å². The summed E-state index contributed by atoms with van der Waals surface area (Å²) < 4.78 is 10.5. The molecule has 1 aliphatic heterocycles. The molecule has 1 amide bonds. The number of rotatable bonds is 16. The van der Waals surface area contributed by atoms with E-state index >= 15 is 0 Å². The largest absolute Gasteiger partial charge is 0.378 e. The Morgan fingerprint density at radius 2 is 1.78 bits per heavy atom. The maximum absolute atomic E-state index is 13.7. The Kier molecular flexibility index (Phi) is 12.0. The number of nitrogens with two attached hydrogens (primary N) is 5. The summed E-state index contributed by atoms with van der Waals surface area (Å²) in [7, 11) is 0. The zero-order valence-corrected chi connectivity index (χ0v) is 20.9. The summed E-state index contributed by atoms with van der Waals surface area (Å²) in [5.74, 6) is -3.38. The number of guanidine groups is 1. The Bertz CT molecular complexity index is 884. The van der Waals surface area contributed by atoms with Gasteiger partial charge < -0.3 is 43.0 Å². The number of hydrogen-bond donors (Lipinski definition) is 5. The molecule has 1 rings (SSSR count). The van der Waals surface area contributed by atoms with Crippen molar-refractivity contribution in [2.24, 2.45) is 39.1 Å². The molecule has 36 heavy (non-hydrogen) atoms. The average molecular weight is 511 g/mol. The zero-order chi connectivity index (χ0) is 27.5. The van der Waals surface area contributed by atoms with Gasteiger partial charge in [-0.1, -0.05) is 0 Å². The first-order valence-corrected chi connectivity index (χ1v) is 11.7. The normalized spacial score (nSPS) is 22.9. The van der Waals surface area contributed by atoms with Crippen LogP contribution in [-0.2, 0) is 28.7 Å². The summed E-state index contributed by atoms with van der Waals surface area (Å²) >= 11 is 0. The lowest BCUT2D eigenvalue weighted by Gasteiger charge is -2.42. The van der Waals surface area contributed by atoms with Crippen molar-refractivity contribution in [3.8, 4) is 6.07 Å². The topological polar surface area (TPSA) is 256 Å². The van der Waals surface area contributed by atoms with Gasteiger partial charge >= 0.3 is 0 Å². The number of hydrogen-bond acceptors (Lipinski definition) is 11. The van der Waals surface area contributed by atoms with Gasteiger partial charge in [-0.15, -0.1) is 0 Å². The van der Waals surface area contributed by atoms with Crippen LogP contribution in [0.5, 0.6) is 0 Å². The van der Waals surface area contributed by atoms with Gasteiger partial charge in [0.2, 0.25) is 11.4 Å². The van der Waals surface area contributed by atoms with Gasteiger partial charge in [0.15, 0.2) is 17.5 Å². The third-order valence-electron chi connectivity index (χ3n) is 6.15. The molecule has 14 heteroatoms. The van der Waals surface area contributed by atoms with Crippen LogP contribution in [0.15, 0.2) is 4.99 Å². The summed E-state index contributed by atoms with van der Waals surface area (Å²) in [5, 5.41) is 10.4. The predicted octanol–water partition coefficient (Wildman–Crippen LogP) is -3.09. The van der Waals surface area contributed by atoms with Crippen molar-refractivity contribution < 1.29 is 28.7 Å². The monoisotopic (exact) mass is 510 g/mol. The van der Waals surface area contributed by atoms with Crippen LogP contribution >= 0.6 is 0 Å². The van der Waals surface area contributed by atoms with E-state index in [0.29, 0.717) is 19.6 Å². The van der Waals surface area contributed by atoms with Crippen molar-refractivity contribution >= 4 is 29.2 Å². The Morgan fingerprint density at radius 1 is 1.14 bits per heavy atom. The SMILES string of the molecule is CC(=O)C1(C(=O)[C@@H](N)CCCN=C(N)N)CCN(C(=O)[C@@H](C)N)C1(C#N)C(=O)COCCOCCN. The quantitative estimate of drug-likeness (QED) is 0.0599. The molecule has 0 aromatic carbocycles. The number of nitriles is 1. The summed E-state index contributed by atoms with van der Waals surface area (Å²) in [6, 6.07) is -0.483. The maximum atomic E-state index is 13.7. The van der Waals surface area contributed by atoms with Crippen LogP contribution in [0.1, 0.15) is 33.1 Å². The molecular weight excluding hydrogens is 472 g/mol. The maximum Gasteiger partial charge on any atom is 0.240 e. The lowest BCUT2D eigenvalue weighted by atomic mass is 9.61. The molecule has 0 radical (unpaired) electrons. The molecule has 0 bridgehead atoms. The molecule has 14 nitrogen and oxygen atoms in total. The smallest absolute Gasteiger partial charge is 0.240 e. The molecular formula is C22H38N8O6. The molecule has 0 aromatic heterocycles. The molecule has 1 heterocycles. The number of carbonyl (C=O) groups excluding carboxylic acids is 4. The van der Waals surface area contributed by atoms with Crippen molar-refractivity contribution in [1.82, 2.24) is 4.90 Å². The minimum absolute atomic E-state index is 0.0141. The molecule has 0 aromatic rings. The molecule has 10 N–H and O–H groups in total. The Morgan fingerprint density at radius 3 is 2.31 bits per heavy atom. The number of likely N-dealkylation sites (tertiary alicyclic amines) is 1. The Labute approximate surface area is 210 Å². The number of carbonyl (C=O) groups is 4. The molecule has 1 saturated heterocycles. The van der Waals surface area contributed by atoms with Gasteiger partial charge in [0.1, 0.15) is 23.9 Å². The molecule has 0 saturated carbocycles. The highest BCUT2D eigenvalue weighted by molar-refractivity contribution is 6.18. The van der Waals surface area contributed by atoms with Gasteiger partial charge in [0, 0.05) is 19.6 Å². The first-order chi connectivity index (χ1) is 16.9. The van der Waals surface area contributed by atoms with Crippen molar-refractivity contribution in [2.45, 2.75) is 50.7 Å². The van der Waals surface area contributed by atoms with Crippen LogP contribution in [0, 0.1) is 16.7 Å². The van der Waals surface area contributed by atoms with Gasteiger partial charge in [-0.2, -0.15) is 5.26 Å². The zero-order valence-electron chi connectivity index (χ0n) is 20.9. The highest BCUT2D eigenvalue weighted by atomic mass is 16.5. The van der Waals surface area contributed by atoms with E-state index in [1.807, 2.05) is 6.07 Å². The van der Waals surface area contributed by atoms with E-state index in [2.05, 4.69) is 4.99 Å². The third kappa shape index (κ3) is 6.42. The fourth-order valence-corrected chi connectivity index (χ4v) is 4.43. The number of Topliss-reactive ketones (excluding diaryl/α,β-unsaturated/α-hetero) is 3. The number of ketones is 3. The molecule has 0 aliphatic carbocycles. The Hall–Kier alpha value is -2.96. The Balaban J connectivity index is 3.39. The lowest BCUT2D eigenvalue weighted by Crippen LogP contribution is -2.68. The van der Waals surface area contributed by atoms with E-state index in [0.717, 1.165) is 11.8 Å². The van der Waals surface area contributed by atoms with E-state index in [1.165, 1.54) is 6.92 Å². The number of nitrogens with zero attached hydrogens (tertiary/aromatic N) is 3. The molecule has 0 spiro atoms. The van der Waals surface area contributed by atoms with Gasteiger partial charge in [-0.25, -0.2) is 0 Å². The average Bonchev–Trinajstić information content (AvgIpc) is 3.19. The van der Waals surface area contributed by atoms with Crippen LogP contribution in [0.4, 0.5) is 0 Å². The summed E-state index contributed by atoms with van der Waals surface area (Å²) in [6.07, 6.45) is 0.122. The third-order valence-corrected chi connectivity index (χ3v) is 6.15. The second kappa shape index (κ2) is 14.0. The van der Waals surface area contributed by atoms with Gasteiger partial charge in [-0.3, -0.25) is 24.2 Å². The molecule has 4 atom stereocenters. The van der Waals surface area contributed by atoms with Gasteiger partial charge in [0.25, 0.3) is 0 Å². The minimum atomic E-state index is -2.48. The van der Waals surface area contributed by atoms with Gasteiger partial charge in [0.05, 0.1) is 31.9 Å².